The summed E-state index contributed by atoms with van der Waals surface area (Å²) < 4.78 is 0. The average molecular weight is 444 g/mol. The van der Waals surface area contributed by atoms with Gasteiger partial charge in [0.2, 0.25) is 11.8 Å². The number of hydrazone groups is 1. The molecule has 0 heterocycles. The minimum absolute atomic E-state index is 0.0613. The van der Waals surface area contributed by atoms with Gasteiger partial charge in [0, 0.05) is 17.8 Å². The van der Waals surface area contributed by atoms with Gasteiger partial charge in [-0.25, -0.2) is 5.43 Å². The molecule has 0 aliphatic rings. The van der Waals surface area contributed by atoms with Crippen molar-refractivity contribution in [3.05, 3.63) is 94.0 Å². The van der Waals surface area contributed by atoms with E-state index >= 15 is 0 Å². The number of nitro groups is 1. The fourth-order valence-corrected chi connectivity index (χ4v) is 3.15. The molecule has 33 heavy (non-hydrogen) atoms. The molecule has 0 radical (unpaired) electrons. The van der Waals surface area contributed by atoms with E-state index < -0.39 is 4.92 Å². The van der Waals surface area contributed by atoms with Gasteiger partial charge in [-0.2, -0.15) is 5.10 Å². The number of carbonyl (C=O) groups is 2. The molecule has 0 fully saturated rings. The van der Waals surface area contributed by atoms with Gasteiger partial charge in [0.1, 0.15) is 0 Å². The van der Waals surface area contributed by atoms with Crippen LogP contribution in [0.25, 0.3) is 11.1 Å². The van der Waals surface area contributed by atoms with Gasteiger partial charge in [-0.3, -0.25) is 19.7 Å². The van der Waals surface area contributed by atoms with E-state index in [4.69, 9.17) is 0 Å². The molecule has 2 amide bonds. The number of rotatable bonds is 8. The Morgan fingerprint density at radius 2 is 1.61 bits per heavy atom. The monoisotopic (exact) mass is 444 g/mol. The fourth-order valence-electron chi connectivity index (χ4n) is 3.15. The van der Waals surface area contributed by atoms with E-state index in [2.05, 4.69) is 15.8 Å². The van der Waals surface area contributed by atoms with Crippen LogP contribution in [0.3, 0.4) is 0 Å². The highest BCUT2D eigenvalue weighted by Gasteiger charge is 2.12. The predicted molar refractivity (Wildman–Crippen MR) is 128 cm³/mol. The second kappa shape index (κ2) is 10.8. The molecule has 3 rings (SSSR count). The van der Waals surface area contributed by atoms with Gasteiger partial charge in [-0.15, -0.1) is 0 Å². The number of anilines is 1. The van der Waals surface area contributed by atoms with E-state index in [9.17, 15) is 19.7 Å². The highest BCUT2D eigenvalue weighted by Crippen LogP contribution is 2.22. The first-order chi connectivity index (χ1) is 15.8. The number of nitro benzene ring substituents is 1. The molecule has 8 heteroatoms. The Balaban J connectivity index is 1.51. The van der Waals surface area contributed by atoms with Crippen LogP contribution in [-0.4, -0.2) is 22.4 Å². The maximum absolute atomic E-state index is 12.3. The molecule has 2 N–H and O–H groups in total. The predicted octanol–water partition coefficient (Wildman–Crippen LogP) is 4.63. The standard InChI is InChI=1S/C25H24N4O4/c1-17-8-13-22(29(32)33)16-23(17)26-24(30)14-18(2)27-28-25(31)15-19-9-11-21(12-10-19)20-6-4-3-5-7-20/h3-13,16H,14-15H2,1-2H3,(H,26,30)(H,28,31). The van der Waals surface area contributed by atoms with Gasteiger partial charge in [-0.05, 0) is 36.1 Å². The lowest BCUT2D eigenvalue weighted by Gasteiger charge is -2.08. The SMILES string of the molecule is CC(CC(=O)Nc1cc([N+](=O)[O-])ccc1C)=NNC(=O)Cc1ccc(-c2ccccc2)cc1. The first-order valence-electron chi connectivity index (χ1n) is 10.3. The van der Waals surface area contributed by atoms with Gasteiger partial charge in [0.15, 0.2) is 0 Å². The second-order valence-electron chi connectivity index (χ2n) is 7.60. The maximum atomic E-state index is 12.3. The Bertz CT molecular complexity index is 1190. The first-order valence-corrected chi connectivity index (χ1v) is 10.3. The zero-order valence-corrected chi connectivity index (χ0v) is 18.4. The zero-order chi connectivity index (χ0) is 23.8. The van der Waals surface area contributed by atoms with Gasteiger partial charge >= 0.3 is 0 Å². The van der Waals surface area contributed by atoms with Crippen molar-refractivity contribution in [1.82, 2.24) is 5.43 Å². The van der Waals surface area contributed by atoms with Crippen LogP contribution >= 0.6 is 0 Å². The van der Waals surface area contributed by atoms with Crippen molar-refractivity contribution in [3.63, 3.8) is 0 Å². The van der Waals surface area contributed by atoms with Crippen molar-refractivity contribution in [2.75, 3.05) is 5.32 Å². The molecular formula is C25H24N4O4. The van der Waals surface area contributed by atoms with Gasteiger partial charge in [0.25, 0.3) is 5.69 Å². The quantitative estimate of drug-likeness (QED) is 0.299. The van der Waals surface area contributed by atoms with E-state index in [0.717, 1.165) is 16.7 Å². The lowest BCUT2D eigenvalue weighted by Crippen LogP contribution is -2.23. The maximum Gasteiger partial charge on any atom is 0.271 e. The van der Waals surface area contributed by atoms with Crippen molar-refractivity contribution in [2.45, 2.75) is 26.7 Å². The van der Waals surface area contributed by atoms with Gasteiger partial charge < -0.3 is 5.32 Å². The van der Waals surface area contributed by atoms with Crippen LogP contribution in [0.5, 0.6) is 0 Å². The van der Waals surface area contributed by atoms with Gasteiger partial charge in [-0.1, -0.05) is 60.7 Å². The van der Waals surface area contributed by atoms with E-state index in [1.807, 2.05) is 54.6 Å². The van der Waals surface area contributed by atoms with Crippen LogP contribution in [0.2, 0.25) is 0 Å². The molecular weight excluding hydrogens is 420 g/mol. The van der Waals surface area contributed by atoms with Crippen LogP contribution in [0, 0.1) is 17.0 Å². The summed E-state index contributed by atoms with van der Waals surface area (Å²) >= 11 is 0. The fraction of sp³-hybridized carbons (Fsp3) is 0.160. The van der Waals surface area contributed by atoms with Crippen molar-refractivity contribution < 1.29 is 14.5 Å². The molecule has 0 bridgehead atoms. The molecule has 0 aliphatic heterocycles. The number of nitrogens with one attached hydrogen (secondary N) is 2. The van der Waals surface area contributed by atoms with Crippen molar-refractivity contribution >= 4 is 28.9 Å². The Morgan fingerprint density at radius 1 is 0.939 bits per heavy atom. The van der Waals surface area contributed by atoms with Crippen molar-refractivity contribution in [2.24, 2.45) is 5.10 Å². The normalized spacial score (nSPS) is 11.0. The largest absolute Gasteiger partial charge is 0.325 e. The highest BCUT2D eigenvalue weighted by molar-refractivity contribution is 6.06. The third-order valence-electron chi connectivity index (χ3n) is 4.92. The van der Waals surface area contributed by atoms with Crippen LogP contribution in [-0.2, 0) is 16.0 Å². The summed E-state index contributed by atoms with van der Waals surface area (Å²) in [6, 6.07) is 21.9. The van der Waals surface area contributed by atoms with Crippen molar-refractivity contribution in [3.8, 4) is 11.1 Å². The highest BCUT2D eigenvalue weighted by atomic mass is 16.6. The van der Waals surface area contributed by atoms with Crippen LogP contribution < -0.4 is 10.7 Å². The number of benzene rings is 3. The second-order valence-corrected chi connectivity index (χ2v) is 7.60. The number of nitrogens with zero attached hydrogens (tertiary/aromatic N) is 2. The summed E-state index contributed by atoms with van der Waals surface area (Å²) in [5.74, 6) is -0.678. The summed E-state index contributed by atoms with van der Waals surface area (Å²) in [5, 5.41) is 17.6. The summed E-state index contributed by atoms with van der Waals surface area (Å²) in [5.41, 5.74) is 6.85. The third kappa shape index (κ3) is 6.83. The van der Waals surface area contributed by atoms with E-state index in [0.29, 0.717) is 17.0 Å². The molecule has 0 saturated heterocycles. The van der Waals surface area contributed by atoms with Crippen molar-refractivity contribution in [1.29, 1.82) is 0 Å². The summed E-state index contributed by atoms with van der Waals surface area (Å²) in [7, 11) is 0. The summed E-state index contributed by atoms with van der Waals surface area (Å²) in [6.07, 6.45) is 0.0963. The van der Waals surface area contributed by atoms with E-state index in [1.165, 1.54) is 12.1 Å². The molecule has 168 valence electrons. The summed E-state index contributed by atoms with van der Waals surface area (Å²) in [4.78, 5) is 34.9. The molecule has 0 aromatic heterocycles. The molecule has 0 saturated carbocycles. The van der Waals surface area contributed by atoms with Crippen LogP contribution in [0.4, 0.5) is 11.4 Å². The number of aryl methyl sites for hydroxylation is 1. The smallest absolute Gasteiger partial charge is 0.271 e. The molecule has 0 unspecified atom stereocenters. The Labute approximate surface area is 191 Å². The van der Waals surface area contributed by atoms with E-state index in [1.54, 1.807) is 19.9 Å². The van der Waals surface area contributed by atoms with Crippen LogP contribution in [0.15, 0.2) is 77.9 Å². The number of hydrogen-bond donors (Lipinski definition) is 2. The third-order valence-corrected chi connectivity index (χ3v) is 4.92. The molecule has 0 atom stereocenters. The molecule has 0 aliphatic carbocycles. The topological polar surface area (TPSA) is 114 Å². The molecule has 8 nitrogen and oxygen atoms in total. The van der Waals surface area contributed by atoms with Crippen LogP contribution in [0.1, 0.15) is 24.5 Å². The molecule has 0 spiro atoms. The Kier molecular flexibility index (Phi) is 7.64. The minimum atomic E-state index is -0.521. The number of hydrogen-bond acceptors (Lipinski definition) is 5. The minimum Gasteiger partial charge on any atom is -0.325 e. The average Bonchev–Trinajstić information content (AvgIpc) is 2.80. The molecule has 3 aromatic carbocycles. The van der Waals surface area contributed by atoms with E-state index in [-0.39, 0.29) is 30.3 Å². The zero-order valence-electron chi connectivity index (χ0n) is 18.4. The summed E-state index contributed by atoms with van der Waals surface area (Å²) in [6.45, 7) is 3.36. The lowest BCUT2D eigenvalue weighted by molar-refractivity contribution is -0.384. The Morgan fingerprint density at radius 3 is 2.27 bits per heavy atom. The Hall–Kier alpha value is -4.33. The molecule has 3 aromatic rings. The first kappa shape index (κ1) is 23.3. The number of amides is 2. The van der Waals surface area contributed by atoms with Gasteiger partial charge in [0.05, 0.1) is 23.5 Å². The number of carbonyl (C=O) groups excluding carboxylic acids is 2. The number of non-ortho nitro benzene ring substituents is 1. The lowest BCUT2D eigenvalue weighted by atomic mass is 10.0.